The number of rotatable bonds is 3. The molecule has 2 N–H and O–H groups in total. The van der Waals surface area contributed by atoms with Crippen LogP contribution in [0.5, 0.6) is 0 Å². The summed E-state index contributed by atoms with van der Waals surface area (Å²) in [6.07, 6.45) is -4.57. The maximum Gasteiger partial charge on any atom is 0.418 e. The van der Waals surface area contributed by atoms with Crippen molar-refractivity contribution < 1.29 is 18.0 Å². The lowest BCUT2D eigenvalue weighted by molar-refractivity contribution is -0.137. The maximum atomic E-state index is 13.0. The van der Waals surface area contributed by atoms with E-state index < -0.39 is 17.6 Å². The molecule has 0 saturated carbocycles. The van der Waals surface area contributed by atoms with Gasteiger partial charge in [-0.25, -0.2) is 0 Å². The molecule has 0 bridgehead atoms. The summed E-state index contributed by atoms with van der Waals surface area (Å²) in [7, 11) is 0. The molecular formula is C14H18Cl2F3N3O. The predicted octanol–water partition coefficient (Wildman–Crippen LogP) is 3.01. The minimum Gasteiger partial charge on any atom is -0.324 e. The van der Waals surface area contributed by atoms with Gasteiger partial charge in [0.25, 0.3) is 0 Å². The third kappa shape index (κ3) is 5.53. The van der Waals surface area contributed by atoms with E-state index in [0.717, 1.165) is 19.2 Å². The summed E-state index contributed by atoms with van der Waals surface area (Å²) >= 11 is 5.61. The smallest absolute Gasteiger partial charge is 0.324 e. The number of carbonyl (C=O) groups excluding carboxylic acids is 1. The van der Waals surface area contributed by atoms with E-state index in [1.54, 1.807) is 0 Å². The zero-order chi connectivity index (χ0) is 16.3. The highest BCUT2D eigenvalue weighted by molar-refractivity contribution is 6.30. The van der Waals surface area contributed by atoms with Crippen LogP contribution in [0.2, 0.25) is 5.02 Å². The zero-order valence-corrected chi connectivity index (χ0v) is 14.0. The Morgan fingerprint density at radius 3 is 2.78 bits per heavy atom. The Morgan fingerprint density at radius 2 is 2.17 bits per heavy atom. The number of benzene rings is 1. The van der Waals surface area contributed by atoms with Gasteiger partial charge in [0, 0.05) is 30.7 Å². The Balaban J connectivity index is 0.00000264. The summed E-state index contributed by atoms with van der Waals surface area (Å²) < 4.78 is 38.9. The van der Waals surface area contributed by atoms with Gasteiger partial charge in [-0.2, -0.15) is 13.2 Å². The van der Waals surface area contributed by atoms with E-state index in [1.807, 2.05) is 11.8 Å². The molecule has 1 aromatic rings. The largest absolute Gasteiger partial charge is 0.418 e. The fraction of sp³-hybridized carbons (Fsp3) is 0.500. The average Bonchev–Trinajstić information content (AvgIpc) is 2.42. The van der Waals surface area contributed by atoms with Crippen LogP contribution in [-0.4, -0.2) is 43.0 Å². The second kappa shape index (κ2) is 8.19. The topological polar surface area (TPSA) is 44.4 Å². The van der Waals surface area contributed by atoms with E-state index in [9.17, 15) is 18.0 Å². The molecule has 1 amide bonds. The van der Waals surface area contributed by atoms with Crippen LogP contribution in [0.1, 0.15) is 12.5 Å². The second-order valence-electron chi connectivity index (χ2n) is 5.26. The van der Waals surface area contributed by atoms with Crippen molar-refractivity contribution in [2.45, 2.75) is 19.1 Å². The lowest BCUT2D eigenvalue weighted by Crippen LogP contribution is -2.52. The third-order valence-corrected chi connectivity index (χ3v) is 3.78. The molecular weight excluding hydrogens is 354 g/mol. The SMILES string of the molecule is C[C@H]1CNCCN1CC(=O)Nc1ccc(Cl)cc1C(F)(F)F.Cl. The fourth-order valence-electron chi connectivity index (χ4n) is 2.35. The van der Waals surface area contributed by atoms with Crippen molar-refractivity contribution >= 4 is 35.6 Å². The first kappa shape index (κ1) is 20.0. The molecule has 9 heteroatoms. The standard InChI is InChI=1S/C14H17ClF3N3O.ClH/c1-9-7-19-4-5-21(9)8-13(22)20-12-3-2-10(15)6-11(12)14(16,17)18;/h2-3,6,9,19H,4-5,7-8H2,1H3,(H,20,22);1H/t9-;/m0./s1. The molecule has 1 fully saturated rings. The molecule has 0 unspecified atom stereocenters. The second-order valence-corrected chi connectivity index (χ2v) is 5.70. The van der Waals surface area contributed by atoms with Crippen LogP contribution in [-0.2, 0) is 11.0 Å². The number of carbonyl (C=O) groups is 1. The van der Waals surface area contributed by atoms with Crippen molar-refractivity contribution in [2.75, 3.05) is 31.5 Å². The summed E-state index contributed by atoms with van der Waals surface area (Å²) in [6, 6.07) is 3.46. The number of amides is 1. The molecule has 1 aliphatic heterocycles. The Hall–Kier alpha value is -1.02. The molecule has 0 aromatic heterocycles. The molecule has 1 aromatic carbocycles. The van der Waals surface area contributed by atoms with Gasteiger partial charge >= 0.3 is 6.18 Å². The van der Waals surface area contributed by atoms with Crippen LogP contribution >= 0.6 is 24.0 Å². The highest BCUT2D eigenvalue weighted by atomic mass is 35.5. The molecule has 130 valence electrons. The minimum atomic E-state index is -4.57. The highest BCUT2D eigenvalue weighted by Crippen LogP contribution is 2.36. The Kier molecular flexibility index (Phi) is 7.13. The van der Waals surface area contributed by atoms with E-state index in [1.165, 1.54) is 12.1 Å². The van der Waals surface area contributed by atoms with Gasteiger partial charge in [-0.3, -0.25) is 9.69 Å². The van der Waals surface area contributed by atoms with Crippen molar-refractivity contribution in [2.24, 2.45) is 0 Å². The Morgan fingerprint density at radius 1 is 1.48 bits per heavy atom. The van der Waals surface area contributed by atoms with Crippen molar-refractivity contribution in [1.82, 2.24) is 10.2 Å². The monoisotopic (exact) mass is 371 g/mol. The molecule has 1 aliphatic rings. The van der Waals surface area contributed by atoms with Crippen LogP contribution in [0.15, 0.2) is 18.2 Å². The van der Waals surface area contributed by atoms with E-state index in [-0.39, 0.29) is 35.7 Å². The first-order chi connectivity index (χ1) is 10.3. The van der Waals surface area contributed by atoms with Gasteiger partial charge in [0.2, 0.25) is 5.91 Å². The van der Waals surface area contributed by atoms with Crippen molar-refractivity contribution in [3.8, 4) is 0 Å². The summed E-state index contributed by atoms with van der Waals surface area (Å²) in [5.74, 6) is -0.471. The van der Waals surface area contributed by atoms with Crippen LogP contribution in [0.25, 0.3) is 0 Å². The van der Waals surface area contributed by atoms with Gasteiger partial charge in [0.1, 0.15) is 0 Å². The lowest BCUT2D eigenvalue weighted by Gasteiger charge is -2.33. The van der Waals surface area contributed by atoms with Crippen LogP contribution in [0, 0.1) is 0 Å². The molecule has 0 radical (unpaired) electrons. The molecule has 1 saturated heterocycles. The van der Waals surface area contributed by atoms with Crippen molar-refractivity contribution in [3.63, 3.8) is 0 Å². The van der Waals surface area contributed by atoms with Gasteiger partial charge in [0.15, 0.2) is 0 Å². The Labute approximate surface area is 143 Å². The highest BCUT2D eigenvalue weighted by Gasteiger charge is 2.34. The number of alkyl halides is 3. The molecule has 0 aliphatic carbocycles. The van der Waals surface area contributed by atoms with E-state index in [4.69, 9.17) is 11.6 Å². The summed E-state index contributed by atoms with van der Waals surface area (Å²) in [6.45, 7) is 4.21. The summed E-state index contributed by atoms with van der Waals surface area (Å²) in [5, 5.41) is 5.49. The van der Waals surface area contributed by atoms with Gasteiger partial charge in [-0.1, -0.05) is 11.6 Å². The van der Waals surface area contributed by atoms with Gasteiger partial charge in [-0.15, -0.1) is 12.4 Å². The van der Waals surface area contributed by atoms with Gasteiger partial charge in [0.05, 0.1) is 17.8 Å². The van der Waals surface area contributed by atoms with Gasteiger partial charge < -0.3 is 10.6 Å². The fourth-order valence-corrected chi connectivity index (χ4v) is 2.52. The zero-order valence-electron chi connectivity index (χ0n) is 12.4. The van der Waals surface area contributed by atoms with Crippen LogP contribution < -0.4 is 10.6 Å². The number of nitrogens with zero attached hydrogens (tertiary/aromatic N) is 1. The first-order valence-electron chi connectivity index (χ1n) is 6.89. The maximum absolute atomic E-state index is 13.0. The number of anilines is 1. The number of halogens is 5. The quantitative estimate of drug-likeness (QED) is 0.858. The van der Waals surface area contributed by atoms with E-state index >= 15 is 0 Å². The normalized spacial score (nSPS) is 19.1. The van der Waals surface area contributed by atoms with Crippen molar-refractivity contribution in [1.29, 1.82) is 0 Å². The number of hydrogen-bond donors (Lipinski definition) is 2. The molecule has 0 spiro atoms. The molecule has 4 nitrogen and oxygen atoms in total. The molecule has 2 rings (SSSR count). The first-order valence-corrected chi connectivity index (χ1v) is 7.26. The molecule has 1 atom stereocenters. The third-order valence-electron chi connectivity index (χ3n) is 3.55. The summed E-state index contributed by atoms with van der Waals surface area (Å²) in [5.41, 5.74) is -1.22. The van der Waals surface area contributed by atoms with E-state index in [0.29, 0.717) is 6.54 Å². The van der Waals surface area contributed by atoms with E-state index in [2.05, 4.69) is 10.6 Å². The average molecular weight is 372 g/mol. The van der Waals surface area contributed by atoms with Crippen LogP contribution in [0.4, 0.5) is 18.9 Å². The predicted molar refractivity (Wildman–Crippen MR) is 86.2 cm³/mol. The minimum absolute atomic E-state index is 0. The lowest BCUT2D eigenvalue weighted by atomic mass is 10.1. The number of piperazine rings is 1. The van der Waals surface area contributed by atoms with Crippen LogP contribution in [0.3, 0.4) is 0 Å². The summed E-state index contributed by atoms with van der Waals surface area (Å²) in [4.78, 5) is 13.9. The van der Waals surface area contributed by atoms with Crippen molar-refractivity contribution in [3.05, 3.63) is 28.8 Å². The van der Waals surface area contributed by atoms with Gasteiger partial charge in [-0.05, 0) is 25.1 Å². The number of nitrogens with one attached hydrogen (secondary N) is 2. The molecule has 1 heterocycles. The Bertz CT molecular complexity index is 555. The molecule has 23 heavy (non-hydrogen) atoms. The number of hydrogen-bond acceptors (Lipinski definition) is 3.